The second-order valence-electron chi connectivity index (χ2n) is 2.15. The molecule has 0 aliphatic carbocycles. The Morgan fingerprint density at radius 1 is 1.44 bits per heavy atom. The molecule has 0 radical (unpaired) electrons. The van der Waals surface area contributed by atoms with Gasteiger partial charge in [0, 0.05) is 19.3 Å². The molecule has 1 unspecified atom stereocenters. The summed E-state index contributed by atoms with van der Waals surface area (Å²) in [5, 5.41) is 0. The van der Waals surface area contributed by atoms with Gasteiger partial charge in [0.2, 0.25) is 0 Å². The Hall–Kier alpha value is -0.0800. The van der Waals surface area contributed by atoms with E-state index in [0.29, 0.717) is 6.04 Å². The first-order valence-electron chi connectivity index (χ1n) is 3.64. The van der Waals surface area contributed by atoms with Crippen molar-refractivity contribution in [2.45, 2.75) is 32.7 Å². The summed E-state index contributed by atoms with van der Waals surface area (Å²) in [4.78, 5) is 0. The van der Waals surface area contributed by atoms with Crippen molar-refractivity contribution in [1.29, 1.82) is 0 Å². The highest BCUT2D eigenvalue weighted by Gasteiger charge is 1.96. The number of hydrogen-bond donors (Lipinski definition) is 1. The van der Waals surface area contributed by atoms with E-state index in [1.807, 2.05) is 6.92 Å². The summed E-state index contributed by atoms with van der Waals surface area (Å²) in [5.41, 5.74) is 5.63. The Balaban J connectivity index is 2.88. The predicted octanol–water partition coefficient (Wildman–Crippen LogP) is 1.15. The molecule has 56 valence electrons. The van der Waals surface area contributed by atoms with Gasteiger partial charge in [-0.05, 0) is 19.8 Å². The van der Waals surface area contributed by atoms with Crippen molar-refractivity contribution in [3.05, 3.63) is 0 Å². The van der Waals surface area contributed by atoms with Crippen molar-refractivity contribution in [3.8, 4) is 0 Å². The van der Waals surface area contributed by atoms with Gasteiger partial charge < -0.3 is 10.5 Å². The Morgan fingerprint density at radius 3 is 2.56 bits per heavy atom. The molecule has 1 atom stereocenters. The summed E-state index contributed by atoms with van der Waals surface area (Å²) in [5.74, 6) is 0. The minimum Gasteiger partial charge on any atom is -0.382 e. The van der Waals surface area contributed by atoms with Gasteiger partial charge in [-0.25, -0.2) is 0 Å². The molecule has 0 heterocycles. The molecule has 0 fully saturated rings. The first-order chi connectivity index (χ1) is 4.31. The van der Waals surface area contributed by atoms with Gasteiger partial charge in [0.1, 0.15) is 0 Å². The topological polar surface area (TPSA) is 35.2 Å². The van der Waals surface area contributed by atoms with Crippen molar-refractivity contribution in [3.63, 3.8) is 0 Å². The summed E-state index contributed by atoms with van der Waals surface area (Å²) in [6, 6.07) is 0.330. The molecule has 0 aromatic rings. The normalized spacial score (nSPS) is 13.7. The second kappa shape index (κ2) is 6.05. The number of rotatable bonds is 5. The van der Waals surface area contributed by atoms with E-state index in [0.717, 1.165) is 26.1 Å². The number of nitrogens with two attached hydrogens (primary N) is 1. The monoisotopic (exact) mass is 131 g/mol. The average Bonchev–Trinajstić information content (AvgIpc) is 1.89. The fraction of sp³-hybridized carbons (Fsp3) is 1.00. The third kappa shape index (κ3) is 5.80. The van der Waals surface area contributed by atoms with Crippen LogP contribution in [0.15, 0.2) is 0 Å². The molecule has 0 aliphatic heterocycles. The van der Waals surface area contributed by atoms with Crippen LogP contribution in [0.1, 0.15) is 26.7 Å². The molecule has 0 aromatic carbocycles. The molecular weight excluding hydrogens is 114 g/mol. The quantitative estimate of drug-likeness (QED) is 0.568. The predicted molar refractivity (Wildman–Crippen MR) is 39.4 cm³/mol. The van der Waals surface area contributed by atoms with Crippen LogP contribution in [0, 0.1) is 0 Å². The maximum Gasteiger partial charge on any atom is 0.0480 e. The van der Waals surface area contributed by atoms with Crippen LogP contribution < -0.4 is 5.73 Å². The van der Waals surface area contributed by atoms with E-state index in [4.69, 9.17) is 10.5 Å². The molecule has 2 N–H and O–H groups in total. The van der Waals surface area contributed by atoms with Gasteiger partial charge in [0.15, 0.2) is 0 Å². The molecule has 9 heavy (non-hydrogen) atoms. The fourth-order valence-corrected chi connectivity index (χ4v) is 0.583. The maximum atomic E-state index is 5.63. The zero-order valence-corrected chi connectivity index (χ0v) is 6.39. The van der Waals surface area contributed by atoms with Crippen molar-refractivity contribution in [1.82, 2.24) is 0 Å². The molecule has 0 bridgehead atoms. The summed E-state index contributed by atoms with van der Waals surface area (Å²) in [6.45, 7) is 5.70. The third-order valence-corrected chi connectivity index (χ3v) is 1.36. The smallest absolute Gasteiger partial charge is 0.0480 e. The largest absolute Gasteiger partial charge is 0.382 e. The van der Waals surface area contributed by atoms with Crippen LogP contribution in [0.4, 0.5) is 0 Å². The molecule has 0 spiro atoms. The molecule has 0 saturated heterocycles. The van der Waals surface area contributed by atoms with Crippen LogP contribution in [0.2, 0.25) is 0 Å². The number of hydrogen-bond acceptors (Lipinski definition) is 2. The van der Waals surface area contributed by atoms with Gasteiger partial charge in [-0.1, -0.05) is 6.92 Å². The highest BCUT2D eigenvalue weighted by Crippen LogP contribution is 1.92. The van der Waals surface area contributed by atoms with Gasteiger partial charge in [0.05, 0.1) is 0 Å². The van der Waals surface area contributed by atoms with Gasteiger partial charge in [-0.15, -0.1) is 0 Å². The summed E-state index contributed by atoms with van der Waals surface area (Å²) < 4.78 is 5.13. The van der Waals surface area contributed by atoms with Crippen LogP contribution in [0.25, 0.3) is 0 Å². The van der Waals surface area contributed by atoms with E-state index in [-0.39, 0.29) is 0 Å². The lowest BCUT2D eigenvalue weighted by Gasteiger charge is -2.06. The molecule has 0 rings (SSSR count). The van der Waals surface area contributed by atoms with Gasteiger partial charge in [0.25, 0.3) is 0 Å². The van der Waals surface area contributed by atoms with E-state index >= 15 is 0 Å². The molecule has 0 aromatic heterocycles. The van der Waals surface area contributed by atoms with Crippen LogP contribution in [0.3, 0.4) is 0 Å². The highest BCUT2D eigenvalue weighted by atomic mass is 16.5. The molecule has 0 aliphatic rings. The number of ether oxygens (including phenoxy) is 1. The molecule has 0 saturated carbocycles. The minimum absolute atomic E-state index is 0.330. The molecule has 2 nitrogen and oxygen atoms in total. The first kappa shape index (κ1) is 8.92. The summed E-state index contributed by atoms with van der Waals surface area (Å²) >= 11 is 0. The van der Waals surface area contributed by atoms with Crippen molar-refractivity contribution in [2.24, 2.45) is 5.73 Å². The Labute approximate surface area is 57.4 Å². The van der Waals surface area contributed by atoms with Gasteiger partial charge >= 0.3 is 0 Å². The van der Waals surface area contributed by atoms with Gasteiger partial charge in [-0.3, -0.25) is 0 Å². The minimum atomic E-state index is 0.330. The maximum absolute atomic E-state index is 5.63. The highest BCUT2D eigenvalue weighted by molar-refractivity contribution is 4.55. The lowest BCUT2D eigenvalue weighted by Crippen LogP contribution is -2.20. The third-order valence-electron chi connectivity index (χ3n) is 1.36. The Kier molecular flexibility index (Phi) is 5.99. The lowest BCUT2D eigenvalue weighted by molar-refractivity contribution is 0.139. The summed E-state index contributed by atoms with van der Waals surface area (Å²) in [7, 11) is 0. The lowest BCUT2D eigenvalue weighted by atomic mass is 10.2. The fourth-order valence-electron chi connectivity index (χ4n) is 0.583. The van der Waals surface area contributed by atoms with Crippen molar-refractivity contribution < 1.29 is 4.74 Å². The van der Waals surface area contributed by atoms with E-state index in [1.165, 1.54) is 0 Å². The van der Waals surface area contributed by atoms with Crippen LogP contribution in [-0.2, 0) is 4.74 Å². The Morgan fingerprint density at radius 2 is 2.11 bits per heavy atom. The Bertz CT molecular complexity index is 56.9. The molecule has 2 heteroatoms. The second-order valence-corrected chi connectivity index (χ2v) is 2.15. The zero-order valence-electron chi connectivity index (χ0n) is 6.39. The molecule has 0 amide bonds. The standard InChI is InChI=1S/C7H17NO/c1-3-7(8)5-6-9-4-2/h7H,3-6,8H2,1-2H3. The van der Waals surface area contributed by atoms with E-state index < -0.39 is 0 Å². The SMILES string of the molecule is CCOCCC(N)CC. The summed E-state index contributed by atoms with van der Waals surface area (Å²) in [6.07, 6.45) is 2.04. The van der Waals surface area contributed by atoms with Crippen LogP contribution >= 0.6 is 0 Å². The van der Waals surface area contributed by atoms with E-state index in [1.54, 1.807) is 0 Å². The van der Waals surface area contributed by atoms with E-state index in [2.05, 4.69) is 6.92 Å². The van der Waals surface area contributed by atoms with Gasteiger partial charge in [-0.2, -0.15) is 0 Å². The van der Waals surface area contributed by atoms with E-state index in [9.17, 15) is 0 Å². The van der Waals surface area contributed by atoms with Crippen molar-refractivity contribution in [2.75, 3.05) is 13.2 Å². The average molecular weight is 131 g/mol. The van der Waals surface area contributed by atoms with Crippen molar-refractivity contribution >= 4 is 0 Å². The first-order valence-corrected chi connectivity index (χ1v) is 3.64. The van der Waals surface area contributed by atoms with Crippen LogP contribution in [-0.4, -0.2) is 19.3 Å². The van der Waals surface area contributed by atoms with Crippen LogP contribution in [0.5, 0.6) is 0 Å². The zero-order chi connectivity index (χ0) is 7.11. The molecular formula is C7H17NO.